The van der Waals surface area contributed by atoms with Crippen molar-refractivity contribution in [3.63, 3.8) is 0 Å². The van der Waals surface area contributed by atoms with E-state index < -0.39 is 0 Å². The highest BCUT2D eigenvalue weighted by Gasteiger charge is 2.53. The first-order valence-corrected chi connectivity index (χ1v) is 7.67. The first-order chi connectivity index (χ1) is 8.43. The number of allylic oxidation sites excluding steroid dienone is 2. The molecule has 0 aromatic rings. The fourth-order valence-corrected chi connectivity index (χ4v) is 5.47. The number of rotatable bonds is 0. The number of hydrogen-bond donors (Lipinski definition) is 0. The van der Waals surface area contributed by atoms with Crippen LogP contribution in [0.5, 0.6) is 0 Å². The normalized spacial score (nSPS) is 42.8. The van der Waals surface area contributed by atoms with E-state index in [0.717, 1.165) is 18.8 Å². The second-order valence-corrected chi connectivity index (χ2v) is 7.72. The SMILES string of the molecule is CC1(C)CCCC2(C)C3CCC(=O)C=C3CCC12. The minimum atomic E-state index is 0.373. The summed E-state index contributed by atoms with van der Waals surface area (Å²) >= 11 is 0. The molecule has 0 aromatic carbocycles. The molecule has 0 bridgehead atoms. The summed E-state index contributed by atoms with van der Waals surface area (Å²) in [4.78, 5) is 11.6. The van der Waals surface area contributed by atoms with Crippen LogP contribution in [0.2, 0.25) is 0 Å². The number of carbonyl (C=O) groups is 1. The molecule has 1 nitrogen and oxygen atoms in total. The lowest BCUT2D eigenvalue weighted by Crippen LogP contribution is -2.50. The zero-order valence-corrected chi connectivity index (χ0v) is 12.1. The third kappa shape index (κ3) is 1.70. The van der Waals surface area contributed by atoms with Crippen molar-refractivity contribution in [2.75, 3.05) is 0 Å². The van der Waals surface area contributed by atoms with Gasteiger partial charge in [0, 0.05) is 6.42 Å². The number of hydrogen-bond acceptors (Lipinski definition) is 1. The maximum absolute atomic E-state index is 11.6. The van der Waals surface area contributed by atoms with Crippen LogP contribution in [0.15, 0.2) is 11.6 Å². The van der Waals surface area contributed by atoms with E-state index in [1.807, 2.05) is 6.08 Å². The van der Waals surface area contributed by atoms with E-state index in [-0.39, 0.29) is 0 Å². The van der Waals surface area contributed by atoms with Gasteiger partial charge in [0.2, 0.25) is 0 Å². The molecule has 0 saturated heterocycles. The second kappa shape index (κ2) is 3.95. The Hall–Kier alpha value is -0.590. The molecule has 0 N–H and O–H groups in total. The predicted molar refractivity (Wildman–Crippen MR) is 74.3 cm³/mol. The van der Waals surface area contributed by atoms with E-state index in [4.69, 9.17) is 0 Å². The largest absolute Gasteiger partial charge is 0.295 e. The van der Waals surface area contributed by atoms with Crippen molar-refractivity contribution < 1.29 is 4.79 Å². The first kappa shape index (κ1) is 12.4. The number of ketones is 1. The van der Waals surface area contributed by atoms with Crippen molar-refractivity contribution >= 4 is 5.78 Å². The fourth-order valence-electron chi connectivity index (χ4n) is 5.47. The maximum Gasteiger partial charge on any atom is 0.155 e. The van der Waals surface area contributed by atoms with Crippen LogP contribution in [0.25, 0.3) is 0 Å². The molecule has 3 atom stereocenters. The average Bonchev–Trinajstić information content (AvgIpc) is 2.27. The molecule has 0 radical (unpaired) electrons. The molecule has 3 aliphatic carbocycles. The Morgan fingerprint density at radius 1 is 1.11 bits per heavy atom. The minimum absolute atomic E-state index is 0.373. The molecule has 0 heterocycles. The minimum Gasteiger partial charge on any atom is -0.295 e. The summed E-state index contributed by atoms with van der Waals surface area (Å²) in [5.74, 6) is 1.93. The molecule has 0 spiro atoms. The molecular weight excluding hydrogens is 220 g/mol. The molecule has 0 amide bonds. The van der Waals surface area contributed by atoms with Gasteiger partial charge in [-0.25, -0.2) is 0 Å². The first-order valence-electron chi connectivity index (χ1n) is 7.67. The summed E-state index contributed by atoms with van der Waals surface area (Å²) < 4.78 is 0. The van der Waals surface area contributed by atoms with Crippen LogP contribution in [-0.2, 0) is 4.79 Å². The molecule has 3 unspecified atom stereocenters. The van der Waals surface area contributed by atoms with Gasteiger partial charge in [0.15, 0.2) is 5.78 Å². The van der Waals surface area contributed by atoms with E-state index in [9.17, 15) is 4.79 Å². The molecule has 3 aliphatic rings. The van der Waals surface area contributed by atoms with Crippen LogP contribution < -0.4 is 0 Å². The average molecular weight is 246 g/mol. The van der Waals surface area contributed by atoms with Crippen LogP contribution in [0, 0.1) is 22.7 Å². The lowest BCUT2D eigenvalue weighted by atomic mass is 9.46. The van der Waals surface area contributed by atoms with Crippen LogP contribution in [0.1, 0.15) is 65.7 Å². The smallest absolute Gasteiger partial charge is 0.155 e. The Labute approximate surface area is 111 Å². The summed E-state index contributed by atoms with van der Waals surface area (Å²) in [5, 5.41) is 0. The van der Waals surface area contributed by atoms with Crippen molar-refractivity contribution in [3.05, 3.63) is 11.6 Å². The highest BCUT2D eigenvalue weighted by atomic mass is 16.1. The molecule has 2 fully saturated rings. The van der Waals surface area contributed by atoms with Gasteiger partial charge in [-0.15, -0.1) is 0 Å². The van der Waals surface area contributed by atoms with Crippen LogP contribution in [0.4, 0.5) is 0 Å². The molecule has 100 valence electrons. The van der Waals surface area contributed by atoms with Crippen LogP contribution in [-0.4, -0.2) is 5.78 Å². The van der Waals surface area contributed by atoms with Gasteiger partial charge in [0.1, 0.15) is 0 Å². The molecular formula is C17H26O. The van der Waals surface area contributed by atoms with Crippen LogP contribution >= 0.6 is 0 Å². The van der Waals surface area contributed by atoms with Crippen molar-refractivity contribution in [2.24, 2.45) is 22.7 Å². The molecule has 18 heavy (non-hydrogen) atoms. The van der Waals surface area contributed by atoms with Gasteiger partial charge < -0.3 is 0 Å². The lowest BCUT2D eigenvalue weighted by molar-refractivity contribution is -0.117. The van der Waals surface area contributed by atoms with Gasteiger partial charge in [-0.3, -0.25) is 4.79 Å². The Morgan fingerprint density at radius 2 is 1.89 bits per heavy atom. The summed E-state index contributed by atoms with van der Waals surface area (Å²) in [6.07, 6.45) is 10.5. The van der Waals surface area contributed by atoms with Crippen molar-refractivity contribution in [1.29, 1.82) is 0 Å². The summed E-state index contributed by atoms with van der Waals surface area (Å²) in [6.45, 7) is 7.46. The van der Waals surface area contributed by atoms with Crippen molar-refractivity contribution in [1.82, 2.24) is 0 Å². The molecule has 1 heteroatoms. The third-order valence-corrected chi connectivity index (χ3v) is 6.27. The van der Waals surface area contributed by atoms with Crippen molar-refractivity contribution in [3.8, 4) is 0 Å². The van der Waals surface area contributed by atoms with E-state index in [0.29, 0.717) is 22.5 Å². The van der Waals surface area contributed by atoms with E-state index >= 15 is 0 Å². The number of carbonyl (C=O) groups excluding carboxylic acids is 1. The number of fused-ring (bicyclic) bond motifs is 3. The monoisotopic (exact) mass is 246 g/mol. The van der Waals surface area contributed by atoms with E-state index in [1.165, 1.54) is 37.7 Å². The molecule has 0 aromatic heterocycles. The van der Waals surface area contributed by atoms with Gasteiger partial charge in [0.05, 0.1) is 0 Å². The molecule has 0 aliphatic heterocycles. The topological polar surface area (TPSA) is 17.1 Å². The Balaban J connectivity index is 1.98. The van der Waals surface area contributed by atoms with Crippen LogP contribution in [0.3, 0.4) is 0 Å². The summed E-state index contributed by atoms with van der Waals surface area (Å²) in [5.41, 5.74) is 2.45. The predicted octanol–water partition coefficient (Wildman–Crippen LogP) is 4.52. The summed E-state index contributed by atoms with van der Waals surface area (Å²) in [7, 11) is 0. The molecule has 3 rings (SSSR count). The zero-order chi connectivity index (χ0) is 13.0. The highest BCUT2D eigenvalue weighted by Crippen LogP contribution is 2.62. The van der Waals surface area contributed by atoms with Gasteiger partial charge in [-0.05, 0) is 60.8 Å². The van der Waals surface area contributed by atoms with E-state index in [1.54, 1.807) is 0 Å². The zero-order valence-electron chi connectivity index (χ0n) is 12.1. The van der Waals surface area contributed by atoms with Gasteiger partial charge in [-0.2, -0.15) is 0 Å². The quantitative estimate of drug-likeness (QED) is 0.614. The highest BCUT2D eigenvalue weighted by molar-refractivity contribution is 5.91. The second-order valence-electron chi connectivity index (χ2n) is 7.72. The Kier molecular flexibility index (Phi) is 2.73. The maximum atomic E-state index is 11.6. The van der Waals surface area contributed by atoms with Gasteiger partial charge in [-0.1, -0.05) is 32.8 Å². The van der Waals surface area contributed by atoms with E-state index in [2.05, 4.69) is 20.8 Å². The molecule has 2 saturated carbocycles. The summed E-state index contributed by atoms with van der Waals surface area (Å²) in [6, 6.07) is 0. The Morgan fingerprint density at radius 3 is 2.67 bits per heavy atom. The van der Waals surface area contributed by atoms with Gasteiger partial charge >= 0.3 is 0 Å². The fraction of sp³-hybridized carbons (Fsp3) is 0.824. The third-order valence-electron chi connectivity index (χ3n) is 6.27. The van der Waals surface area contributed by atoms with Gasteiger partial charge in [0.25, 0.3) is 0 Å². The van der Waals surface area contributed by atoms with Crippen molar-refractivity contribution in [2.45, 2.75) is 65.7 Å². The standard InChI is InChI=1S/C17H26O/c1-16(2)9-4-10-17(3)14-7-6-13(18)11-12(14)5-8-15(16)17/h11,14-15H,4-10H2,1-3H3. The Bertz CT molecular complexity index is 404. The lowest BCUT2D eigenvalue weighted by Gasteiger charge is -2.58.